The molecule has 2 aromatic heterocycles. The van der Waals surface area contributed by atoms with Crippen molar-refractivity contribution in [1.29, 1.82) is 0 Å². The van der Waals surface area contributed by atoms with Crippen LogP contribution in [0.3, 0.4) is 0 Å². The summed E-state index contributed by atoms with van der Waals surface area (Å²) in [5, 5.41) is 1.24. The van der Waals surface area contributed by atoms with Crippen LogP contribution in [-0.4, -0.2) is 44.6 Å². The number of aromatic nitrogens is 3. The first-order chi connectivity index (χ1) is 21.5. The second-order valence-electron chi connectivity index (χ2n) is 14.0. The predicted octanol–water partition coefficient (Wildman–Crippen LogP) is 7.19. The van der Waals surface area contributed by atoms with Crippen LogP contribution in [0.2, 0.25) is 0 Å². The van der Waals surface area contributed by atoms with Crippen molar-refractivity contribution in [3.63, 3.8) is 0 Å². The van der Waals surface area contributed by atoms with Crippen LogP contribution >= 0.6 is 0 Å². The van der Waals surface area contributed by atoms with Gasteiger partial charge in [-0.25, -0.2) is 4.98 Å². The van der Waals surface area contributed by atoms with Crippen molar-refractivity contribution in [2.75, 3.05) is 13.7 Å². The zero-order valence-electron chi connectivity index (χ0n) is 25.3. The Hall–Kier alpha value is -4.32. The average molecular weight is 581 g/mol. The number of aryl methyl sites for hydroxylation is 1. The van der Waals surface area contributed by atoms with E-state index in [1.807, 2.05) is 12.1 Å². The molecule has 6 heteroatoms. The fourth-order valence-corrected chi connectivity index (χ4v) is 9.06. The minimum atomic E-state index is 0.133. The van der Waals surface area contributed by atoms with Crippen LogP contribution in [0.4, 0.5) is 0 Å². The molecule has 0 N–H and O–H groups in total. The molecule has 0 spiro atoms. The SMILES string of the molecule is COc1cc(C(=O)N2C[C@H]3CC4CC2[C@@H]43)cc2nc(-c3cc4cc(C5=Cc6ccccc6C5)ccc4n3CC3CC3)n(C)c12. The summed E-state index contributed by atoms with van der Waals surface area (Å²) in [7, 11) is 3.77. The van der Waals surface area contributed by atoms with Crippen molar-refractivity contribution in [3.8, 4) is 17.3 Å². The monoisotopic (exact) mass is 580 g/mol. The molecule has 10 rings (SSSR count). The van der Waals surface area contributed by atoms with Gasteiger partial charge in [0.2, 0.25) is 0 Å². The van der Waals surface area contributed by atoms with Crippen LogP contribution < -0.4 is 4.74 Å². The molecule has 0 bridgehead atoms. The molecule has 1 aliphatic heterocycles. The molecular weight excluding hydrogens is 544 g/mol. The lowest BCUT2D eigenvalue weighted by Gasteiger charge is -2.52. The molecule has 4 fully saturated rings. The molecule has 1 saturated heterocycles. The number of likely N-dealkylation sites (tertiary alicyclic amines) is 1. The van der Waals surface area contributed by atoms with E-state index in [2.05, 4.69) is 75.7 Å². The van der Waals surface area contributed by atoms with Gasteiger partial charge >= 0.3 is 0 Å². The number of hydrogen-bond donors (Lipinski definition) is 0. The minimum Gasteiger partial charge on any atom is -0.494 e. The Balaban J connectivity index is 1.07. The summed E-state index contributed by atoms with van der Waals surface area (Å²) in [6.07, 6.45) is 8.36. The molecule has 6 nitrogen and oxygen atoms in total. The first-order valence-corrected chi connectivity index (χ1v) is 16.3. The lowest BCUT2D eigenvalue weighted by Crippen LogP contribution is -2.53. The van der Waals surface area contributed by atoms with Gasteiger partial charge in [0.1, 0.15) is 11.3 Å². The smallest absolute Gasteiger partial charge is 0.254 e. The third-order valence-corrected chi connectivity index (χ3v) is 11.6. The van der Waals surface area contributed by atoms with Crippen molar-refractivity contribution in [2.24, 2.45) is 30.7 Å². The van der Waals surface area contributed by atoms with E-state index in [9.17, 15) is 4.79 Å². The molecule has 5 aromatic rings. The van der Waals surface area contributed by atoms with E-state index in [0.29, 0.717) is 29.2 Å². The molecule has 3 heterocycles. The van der Waals surface area contributed by atoms with Crippen molar-refractivity contribution in [3.05, 3.63) is 82.9 Å². The van der Waals surface area contributed by atoms with Crippen molar-refractivity contribution in [2.45, 2.75) is 44.7 Å². The van der Waals surface area contributed by atoms with Gasteiger partial charge in [0.05, 0.1) is 18.3 Å². The fourth-order valence-electron chi connectivity index (χ4n) is 9.06. The maximum atomic E-state index is 13.8. The highest BCUT2D eigenvalue weighted by molar-refractivity contribution is 6.01. The zero-order chi connectivity index (χ0) is 29.3. The second-order valence-corrected chi connectivity index (χ2v) is 14.0. The molecule has 0 radical (unpaired) electrons. The molecule has 5 aliphatic rings. The number of nitrogens with zero attached hydrogens (tertiary/aromatic N) is 4. The van der Waals surface area contributed by atoms with Gasteiger partial charge in [-0.3, -0.25) is 4.79 Å². The number of benzene rings is 3. The van der Waals surface area contributed by atoms with Crippen LogP contribution in [0.25, 0.3) is 45.1 Å². The highest BCUT2D eigenvalue weighted by Gasteiger charge is 2.61. The van der Waals surface area contributed by atoms with Crippen molar-refractivity contribution in [1.82, 2.24) is 19.0 Å². The number of rotatable bonds is 6. The highest BCUT2D eigenvalue weighted by Crippen LogP contribution is 2.60. The quantitative estimate of drug-likeness (QED) is 0.214. The maximum Gasteiger partial charge on any atom is 0.254 e. The van der Waals surface area contributed by atoms with Crippen molar-refractivity contribution < 1.29 is 9.53 Å². The Morgan fingerprint density at radius 3 is 2.70 bits per heavy atom. The summed E-state index contributed by atoms with van der Waals surface area (Å²) in [6, 6.07) is 22.3. The first-order valence-electron chi connectivity index (χ1n) is 16.3. The Bertz CT molecular complexity index is 2080. The molecule has 3 aromatic carbocycles. The molecular formula is C38H36N4O2. The third-order valence-electron chi connectivity index (χ3n) is 11.6. The predicted molar refractivity (Wildman–Crippen MR) is 173 cm³/mol. The number of fused-ring (bicyclic) bond motifs is 3. The lowest BCUT2D eigenvalue weighted by molar-refractivity contribution is -0.0204. The molecule has 1 amide bonds. The van der Waals surface area contributed by atoms with Gasteiger partial charge in [0, 0.05) is 42.6 Å². The number of carbonyl (C=O) groups is 1. The summed E-state index contributed by atoms with van der Waals surface area (Å²) in [6.45, 7) is 1.90. The van der Waals surface area contributed by atoms with E-state index < -0.39 is 0 Å². The summed E-state index contributed by atoms with van der Waals surface area (Å²) in [4.78, 5) is 21.2. The number of methoxy groups -OCH3 is 1. The average Bonchev–Trinajstić information content (AvgIpc) is 3.49. The number of allylic oxidation sites excluding steroid dienone is 1. The molecule has 4 aliphatic carbocycles. The van der Waals surface area contributed by atoms with Gasteiger partial charge in [-0.15, -0.1) is 0 Å². The Kier molecular flexibility index (Phi) is 5.05. The number of carbonyl (C=O) groups excluding carboxylic acids is 1. The van der Waals surface area contributed by atoms with E-state index in [1.54, 1.807) is 7.11 Å². The van der Waals surface area contributed by atoms with Gasteiger partial charge in [0.25, 0.3) is 5.91 Å². The number of hydrogen-bond acceptors (Lipinski definition) is 3. The number of amides is 1. The third kappa shape index (κ3) is 3.48. The molecule has 44 heavy (non-hydrogen) atoms. The van der Waals surface area contributed by atoms with Gasteiger partial charge in [-0.1, -0.05) is 36.4 Å². The van der Waals surface area contributed by atoms with Gasteiger partial charge < -0.3 is 18.8 Å². The lowest BCUT2D eigenvalue weighted by atomic mass is 9.53. The zero-order valence-corrected chi connectivity index (χ0v) is 25.3. The Morgan fingerprint density at radius 2 is 1.91 bits per heavy atom. The van der Waals surface area contributed by atoms with Gasteiger partial charge in [-0.05, 0) is 108 Å². The normalized spacial score (nSPS) is 24.7. The Morgan fingerprint density at radius 1 is 1.02 bits per heavy atom. The maximum absolute atomic E-state index is 13.8. The van der Waals surface area contributed by atoms with Crippen LogP contribution in [-0.2, 0) is 20.0 Å². The summed E-state index contributed by atoms with van der Waals surface area (Å²) < 4.78 is 10.6. The van der Waals surface area contributed by atoms with Gasteiger partial charge in [-0.2, -0.15) is 0 Å². The molecule has 220 valence electrons. The van der Waals surface area contributed by atoms with E-state index in [1.165, 1.54) is 58.8 Å². The van der Waals surface area contributed by atoms with E-state index >= 15 is 0 Å². The summed E-state index contributed by atoms with van der Waals surface area (Å²) >= 11 is 0. The van der Waals surface area contributed by atoms with Gasteiger partial charge in [0.15, 0.2) is 5.82 Å². The van der Waals surface area contributed by atoms with E-state index in [4.69, 9.17) is 9.72 Å². The van der Waals surface area contributed by atoms with Crippen LogP contribution in [0.1, 0.15) is 52.7 Å². The highest BCUT2D eigenvalue weighted by atomic mass is 16.5. The standard InChI is InChI=1S/C38H36N4O2/c1-40-36-30(15-28(18-34(36)44-2)38(43)42-20-29-14-27-17-32(42)35(27)29)39-37(40)33-16-26-13-24(9-10-31(26)41(33)19-21-7-8-21)25-11-22-5-3-4-6-23(22)12-25/h3-6,9-11,13,15-16,18,21,27,29,32,35H,7-8,12,14,17,19-20H2,1-2H3/t27?,29-,32?,35+/m1/s1. The largest absolute Gasteiger partial charge is 0.494 e. The summed E-state index contributed by atoms with van der Waals surface area (Å²) in [5.41, 5.74) is 10.2. The molecule has 2 unspecified atom stereocenters. The number of ether oxygens (including phenoxy) is 1. The van der Waals surface area contributed by atoms with E-state index in [0.717, 1.165) is 53.9 Å². The number of imidazole rings is 1. The van der Waals surface area contributed by atoms with E-state index in [-0.39, 0.29) is 5.91 Å². The summed E-state index contributed by atoms with van der Waals surface area (Å²) in [5.74, 6) is 4.79. The van der Waals surface area contributed by atoms with Crippen LogP contribution in [0.5, 0.6) is 5.75 Å². The second kappa shape index (κ2) is 8.87. The molecule has 4 atom stereocenters. The first kappa shape index (κ1) is 25.1. The fraction of sp³-hybridized carbons (Fsp3) is 0.368. The molecule has 3 saturated carbocycles. The minimum absolute atomic E-state index is 0.133. The van der Waals surface area contributed by atoms with Crippen molar-refractivity contribution >= 4 is 39.5 Å². The Labute approximate surface area is 256 Å². The van der Waals surface area contributed by atoms with Crippen LogP contribution in [0.15, 0.2) is 60.7 Å². The van der Waals surface area contributed by atoms with Crippen LogP contribution in [0, 0.1) is 23.7 Å². The topological polar surface area (TPSA) is 52.3 Å².